The second kappa shape index (κ2) is 5.07. The Kier molecular flexibility index (Phi) is 3.69. The highest BCUT2D eigenvalue weighted by atomic mass is 16.4. The number of aliphatic carboxylic acids is 1. The highest BCUT2D eigenvalue weighted by Gasteiger charge is 2.40. The molecule has 0 atom stereocenters. The van der Waals surface area contributed by atoms with Crippen LogP contribution in [-0.4, -0.2) is 22.5 Å². The molecule has 0 bridgehead atoms. The number of carboxylic acid groups (broad SMARTS) is 1. The van der Waals surface area contributed by atoms with Crippen LogP contribution in [0.1, 0.15) is 57.8 Å². The van der Waals surface area contributed by atoms with Gasteiger partial charge in [0.05, 0.1) is 0 Å². The van der Waals surface area contributed by atoms with Gasteiger partial charge in [0.2, 0.25) is 5.91 Å². The van der Waals surface area contributed by atoms with Crippen molar-refractivity contribution >= 4 is 11.9 Å². The van der Waals surface area contributed by atoms with E-state index in [1.807, 2.05) is 0 Å². The van der Waals surface area contributed by atoms with Crippen LogP contribution in [0.5, 0.6) is 0 Å². The van der Waals surface area contributed by atoms with Crippen molar-refractivity contribution in [2.45, 2.75) is 63.3 Å². The van der Waals surface area contributed by atoms with E-state index in [9.17, 15) is 14.7 Å². The number of hydrogen-bond donors (Lipinski definition) is 2. The van der Waals surface area contributed by atoms with Crippen molar-refractivity contribution in [3.63, 3.8) is 0 Å². The van der Waals surface area contributed by atoms with Crippen molar-refractivity contribution in [1.29, 1.82) is 0 Å². The molecule has 2 fully saturated rings. The predicted molar refractivity (Wildman–Crippen MR) is 63.6 cm³/mol. The molecule has 4 heteroatoms. The summed E-state index contributed by atoms with van der Waals surface area (Å²) in [7, 11) is 0. The van der Waals surface area contributed by atoms with Crippen molar-refractivity contribution in [2.75, 3.05) is 0 Å². The summed E-state index contributed by atoms with van der Waals surface area (Å²) < 4.78 is 0. The summed E-state index contributed by atoms with van der Waals surface area (Å²) in [5.74, 6) is -0.231. The lowest BCUT2D eigenvalue weighted by Crippen LogP contribution is -2.55. The maximum absolute atomic E-state index is 11.8. The van der Waals surface area contributed by atoms with E-state index in [0.29, 0.717) is 25.2 Å². The Hall–Kier alpha value is -1.06. The van der Waals surface area contributed by atoms with Crippen LogP contribution in [0.4, 0.5) is 0 Å². The van der Waals surface area contributed by atoms with Gasteiger partial charge in [0, 0.05) is 6.42 Å². The maximum atomic E-state index is 11.8. The predicted octanol–water partition coefficient (Wildman–Crippen LogP) is 2.08. The lowest BCUT2D eigenvalue weighted by atomic mass is 9.81. The van der Waals surface area contributed by atoms with E-state index in [1.54, 1.807) is 0 Å². The van der Waals surface area contributed by atoms with Crippen LogP contribution < -0.4 is 5.32 Å². The van der Waals surface area contributed by atoms with Crippen molar-refractivity contribution in [2.24, 2.45) is 5.92 Å². The zero-order valence-corrected chi connectivity index (χ0v) is 10.2. The third kappa shape index (κ3) is 3.20. The minimum absolute atomic E-state index is 0.0822. The van der Waals surface area contributed by atoms with Gasteiger partial charge in [-0.1, -0.05) is 32.1 Å². The summed E-state index contributed by atoms with van der Waals surface area (Å²) in [4.78, 5) is 23.1. The Morgan fingerprint density at radius 3 is 2.35 bits per heavy atom. The molecule has 0 unspecified atom stereocenters. The van der Waals surface area contributed by atoms with E-state index in [2.05, 4.69) is 5.32 Å². The number of rotatable bonds is 5. The van der Waals surface area contributed by atoms with Crippen LogP contribution in [0, 0.1) is 5.92 Å². The zero-order valence-electron chi connectivity index (χ0n) is 10.2. The van der Waals surface area contributed by atoms with Crippen LogP contribution in [0.2, 0.25) is 0 Å². The lowest BCUT2D eigenvalue weighted by molar-refractivity contribution is -0.149. The summed E-state index contributed by atoms with van der Waals surface area (Å²) in [5.41, 5.74) is -0.973. The second-order valence-electron chi connectivity index (χ2n) is 5.48. The molecule has 4 nitrogen and oxygen atoms in total. The summed E-state index contributed by atoms with van der Waals surface area (Å²) in [6.07, 6.45) is 7.91. The smallest absolute Gasteiger partial charge is 0.329 e. The first-order chi connectivity index (χ1) is 8.12. The normalized spacial score (nSPS) is 23.1. The van der Waals surface area contributed by atoms with Crippen molar-refractivity contribution in [3.05, 3.63) is 0 Å². The first-order valence-electron chi connectivity index (χ1n) is 6.67. The van der Waals surface area contributed by atoms with Gasteiger partial charge in [0.25, 0.3) is 0 Å². The first-order valence-corrected chi connectivity index (χ1v) is 6.67. The molecule has 2 aliphatic carbocycles. The van der Waals surface area contributed by atoms with E-state index in [-0.39, 0.29) is 5.91 Å². The molecule has 2 N–H and O–H groups in total. The summed E-state index contributed by atoms with van der Waals surface area (Å²) in [6, 6.07) is 0. The fourth-order valence-corrected chi connectivity index (χ4v) is 2.62. The monoisotopic (exact) mass is 239 g/mol. The number of amides is 1. The molecular weight excluding hydrogens is 218 g/mol. The number of nitrogens with one attached hydrogen (secondary N) is 1. The molecule has 0 heterocycles. The molecule has 0 aliphatic heterocycles. The Labute approximate surface area is 102 Å². The van der Waals surface area contributed by atoms with Crippen molar-refractivity contribution in [3.8, 4) is 0 Å². The number of carbonyl (C=O) groups excluding carboxylic acids is 1. The topological polar surface area (TPSA) is 66.4 Å². The zero-order chi connectivity index (χ0) is 12.3. The first kappa shape index (κ1) is 12.4. The van der Waals surface area contributed by atoms with E-state index < -0.39 is 11.5 Å². The van der Waals surface area contributed by atoms with Crippen LogP contribution >= 0.6 is 0 Å². The second-order valence-corrected chi connectivity index (χ2v) is 5.48. The molecule has 0 saturated heterocycles. The Balaban J connectivity index is 1.86. The van der Waals surface area contributed by atoms with E-state index in [1.165, 1.54) is 12.8 Å². The van der Waals surface area contributed by atoms with Gasteiger partial charge in [-0.2, -0.15) is 0 Å². The highest BCUT2D eigenvalue weighted by Crippen LogP contribution is 2.34. The maximum Gasteiger partial charge on any atom is 0.329 e. The molecule has 96 valence electrons. The van der Waals surface area contributed by atoms with Crippen LogP contribution in [0.3, 0.4) is 0 Å². The van der Waals surface area contributed by atoms with Gasteiger partial charge >= 0.3 is 5.97 Å². The lowest BCUT2D eigenvalue weighted by Gasteiger charge is -2.34. The average Bonchev–Trinajstić information content (AvgIpc) is 3.11. The largest absolute Gasteiger partial charge is 0.480 e. The van der Waals surface area contributed by atoms with Gasteiger partial charge in [-0.25, -0.2) is 4.79 Å². The fraction of sp³-hybridized carbons (Fsp3) is 0.846. The van der Waals surface area contributed by atoms with E-state index in [0.717, 1.165) is 25.7 Å². The van der Waals surface area contributed by atoms with Gasteiger partial charge in [-0.3, -0.25) is 4.79 Å². The molecule has 0 aromatic rings. The highest BCUT2D eigenvalue weighted by molar-refractivity contribution is 5.87. The molecule has 0 aromatic carbocycles. The van der Waals surface area contributed by atoms with Crippen molar-refractivity contribution in [1.82, 2.24) is 5.32 Å². The molecule has 2 rings (SSSR count). The molecule has 17 heavy (non-hydrogen) atoms. The van der Waals surface area contributed by atoms with Gasteiger partial charge < -0.3 is 10.4 Å². The molecule has 0 aromatic heterocycles. The summed E-state index contributed by atoms with van der Waals surface area (Å²) >= 11 is 0. The standard InChI is InChI=1S/C13H21NO3/c15-11(7-6-10-4-5-10)14-13(12(16)17)8-2-1-3-9-13/h10H,1-9H2,(H,14,15)(H,16,17). The molecule has 2 aliphatic rings. The van der Waals surface area contributed by atoms with Crippen molar-refractivity contribution < 1.29 is 14.7 Å². The molecular formula is C13H21NO3. The Morgan fingerprint density at radius 2 is 1.82 bits per heavy atom. The molecule has 0 spiro atoms. The van der Waals surface area contributed by atoms with Gasteiger partial charge in [0.15, 0.2) is 0 Å². The fourth-order valence-electron chi connectivity index (χ4n) is 2.62. The minimum Gasteiger partial charge on any atom is -0.480 e. The van der Waals surface area contributed by atoms with Crippen LogP contribution in [0.15, 0.2) is 0 Å². The molecule has 0 radical (unpaired) electrons. The van der Waals surface area contributed by atoms with Crippen LogP contribution in [-0.2, 0) is 9.59 Å². The summed E-state index contributed by atoms with van der Waals surface area (Å²) in [6.45, 7) is 0. The van der Waals surface area contributed by atoms with E-state index in [4.69, 9.17) is 0 Å². The minimum atomic E-state index is -0.973. The number of hydrogen-bond acceptors (Lipinski definition) is 2. The SMILES string of the molecule is O=C(CCC1CC1)NC1(C(=O)O)CCCCC1. The van der Waals surface area contributed by atoms with Crippen LogP contribution in [0.25, 0.3) is 0 Å². The Morgan fingerprint density at radius 1 is 1.18 bits per heavy atom. The quantitative estimate of drug-likeness (QED) is 0.772. The van der Waals surface area contributed by atoms with E-state index >= 15 is 0 Å². The molecule has 2 saturated carbocycles. The third-order valence-electron chi connectivity index (χ3n) is 3.97. The summed E-state index contributed by atoms with van der Waals surface area (Å²) in [5, 5.41) is 12.1. The van der Waals surface area contributed by atoms with Gasteiger partial charge in [0.1, 0.15) is 5.54 Å². The molecule has 1 amide bonds. The Bertz CT molecular complexity index is 304. The number of carbonyl (C=O) groups is 2. The number of carboxylic acids is 1. The van der Waals surface area contributed by atoms with Gasteiger partial charge in [-0.15, -0.1) is 0 Å². The van der Waals surface area contributed by atoms with Gasteiger partial charge in [-0.05, 0) is 25.2 Å². The average molecular weight is 239 g/mol. The third-order valence-corrected chi connectivity index (χ3v) is 3.97.